The number of ether oxygens (including phenoxy) is 2. The molecular weight excluding hydrogens is 458 g/mol. The molecule has 2 fully saturated rings. The lowest BCUT2D eigenvalue weighted by Crippen LogP contribution is -2.40. The van der Waals surface area contributed by atoms with Crippen LogP contribution in [0.5, 0.6) is 5.75 Å². The van der Waals surface area contributed by atoms with Crippen LogP contribution < -0.4 is 15.4 Å². The van der Waals surface area contributed by atoms with Crippen LogP contribution in [0.25, 0.3) is 0 Å². The minimum Gasteiger partial charge on any atom is -0.497 e. The number of aromatic nitrogens is 2. The minimum absolute atomic E-state index is 0.0388. The molecule has 2 N–H and O–H groups in total. The number of piperidine rings is 1. The molecule has 1 aromatic carbocycles. The van der Waals surface area contributed by atoms with Crippen LogP contribution in [0.4, 0.5) is 5.69 Å². The average molecular weight is 488 g/mol. The fraction of sp³-hybridized carbons (Fsp3) is 0.522. The van der Waals surface area contributed by atoms with Crippen molar-refractivity contribution in [2.75, 3.05) is 38.7 Å². The molecule has 4 rings (SSSR count). The molecule has 2 saturated heterocycles. The smallest absolute Gasteiger partial charge is 0.286 e. The summed E-state index contributed by atoms with van der Waals surface area (Å²) >= 11 is 0.974. The van der Waals surface area contributed by atoms with Gasteiger partial charge in [-0.15, -0.1) is 10.2 Å². The van der Waals surface area contributed by atoms with Gasteiger partial charge < -0.3 is 25.0 Å². The second kappa shape index (κ2) is 11.4. The van der Waals surface area contributed by atoms with Gasteiger partial charge in [0, 0.05) is 38.3 Å². The Morgan fingerprint density at radius 3 is 2.53 bits per heavy atom. The van der Waals surface area contributed by atoms with Gasteiger partial charge in [-0.3, -0.25) is 14.4 Å². The van der Waals surface area contributed by atoms with Gasteiger partial charge in [-0.05, 0) is 55.9 Å². The second-order valence-corrected chi connectivity index (χ2v) is 9.45. The van der Waals surface area contributed by atoms with Crippen LogP contribution in [0.15, 0.2) is 24.3 Å². The van der Waals surface area contributed by atoms with Crippen molar-refractivity contribution in [3.05, 3.63) is 34.3 Å². The Labute approximate surface area is 202 Å². The largest absolute Gasteiger partial charge is 0.497 e. The van der Waals surface area contributed by atoms with E-state index in [2.05, 4.69) is 20.8 Å². The van der Waals surface area contributed by atoms with Gasteiger partial charge in [0.05, 0.1) is 13.2 Å². The normalized spacial score (nSPS) is 18.5. The van der Waals surface area contributed by atoms with Crippen molar-refractivity contribution >= 4 is 34.7 Å². The quantitative estimate of drug-likeness (QED) is 0.586. The number of nitrogens with one attached hydrogen (secondary N) is 2. The van der Waals surface area contributed by atoms with Crippen molar-refractivity contribution < 1.29 is 23.9 Å². The molecule has 0 unspecified atom stereocenters. The summed E-state index contributed by atoms with van der Waals surface area (Å²) in [6.07, 6.45) is 4.15. The number of hydrogen-bond acceptors (Lipinski definition) is 8. The first-order valence-electron chi connectivity index (χ1n) is 11.5. The number of carbonyl (C=O) groups excluding carboxylic acids is 3. The summed E-state index contributed by atoms with van der Waals surface area (Å²) in [5.41, 5.74) is 0.593. The fourth-order valence-corrected chi connectivity index (χ4v) is 4.81. The van der Waals surface area contributed by atoms with Gasteiger partial charge in [-0.1, -0.05) is 11.3 Å². The molecule has 182 valence electrons. The lowest BCUT2D eigenvalue weighted by atomic mass is 9.93. The van der Waals surface area contributed by atoms with Crippen LogP contribution in [0.3, 0.4) is 0 Å². The Hall–Kier alpha value is -3.05. The summed E-state index contributed by atoms with van der Waals surface area (Å²) in [7, 11) is 1.57. The number of carbonyl (C=O) groups is 3. The molecule has 1 aromatic heterocycles. The monoisotopic (exact) mass is 487 g/mol. The van der Waals surface area contributed by atoms with E-state index in [1.165, 1.54) is 0 Å². The highest BCUT2D eigenvalue weighted by Gasteiger charge is 2.28. The number of hydrogen-bond donors (Lipinski definition) is 2. The zero-order valence-corrected chi connectivity index (χ0v) is 19.9. The van der Waals surface area contributed by atoms with E-state index in [0.717, 1.165) is 43.6 Å². The Morgan fingerprint density at radius 2 is 1.85 bits per heavy atom. The third-order valence-corrected chi connectivity index (χ3v) is 6.99. The van der Waals surface area contributed by atoms with Crippen LogP contribution in [0.2, 0.25) is 0 Å². The van der Waals surface area contributed by atoms with Gasteiger partial charge >= 0.3 is 0 Å². The molecule has 0 spiro atoms. The van der Waals surface area contributed by atoms with Crippen LogP contribution >= 0.6 is 11.3 Å². The Kier molecular flexibility index (Phi) is 8.07. The van der Waals surface area contributed by atoms with E-state index in [1.54, 1.807) is 36.3 Å². The maximum Gasteiger partial charge on any atom is 0.286 e. The molecule has 0 radical (unpaired) electrons. The van der Waals surface area contributed by atoms with E-state index in [9.17, 15) is 14.4 Å². The van der Waals surface area contributed by atoms with Gasteiger partial charge in [0.2, 0.25) is 15.9 Å². The zero-order valence-electron chi connectivity index (χ0n) is 19.1. The number of methoxy groups -OCH3 is 1. The van der Waals surface area contributed by atoms with E-state index < -0.39 is 5.91 Å². The summed E-state index contributed by atoms with van der Waals surface area (Å²) in [4.78, 5) is 39.2. The maximum absolute atomic E-state index is 12.8. The van der Waals surface area contributed by atoms with Crippen molar-refractivity contribution in [1.29, 1.82) is 0 Å². The van der Waals surface area contributed by atoms with E-state index in [0.29, 0.717) is 37.5 Å². The van der Waals surface area contributed by atoms with Crippen molar-refractivity contribution in [2.45, 2.75) is 38.2 Å². The summed E-state index contributed by atoms with van der Waals surface area (Å²) in [5.74, 6) is 0.312. The van der Waals surface area contributed by atoms with Crippen molar-refractivity contribution in [3.8, 4) is 5.75 Å². The van der Waals surface area contributed by atoms with Crippen LogP contribution in [-0.2, 0) is 9.53 Å². The van der Waals surface area contributed by atoms with Crippen LogP contribution in [-0.4, -0.2) is 72.3 Å². The predicted octanol–water partition coefficient (Wildman–Crippen LogP) is 2.34. The molecule has 2 aliphatic rings. The number of anilines is 1. The van der Waals surface area contributed by atoms with Gasteiger partial charge in [-0.2, -0.15) is 0 Å². The van der Waals surface area contributed by atoms with E-state index in [-0.39, 0.29) is 33.9 Å². The highest BCUT2D eigenvalue weighted by molar-refractivity contribution is 7.15. The van der Waals surface area contributed by atoms with E-state index in [4.69, 9.17) is 9.47 Å². The third kappa shape index (κ3) is 6.29. The Balaban J connectivity index is 1.22. The molecule has 0 bridgehead atoms. The topological polar surface area (TPSA) is 123 Å². The Morgan fingerprint density at radius 1 is 1.12 bits per heavy atom. The number of likely N-dealkylation sites (tertiary alicyclic amines) is 1. The van der Waals surface area contributed by atoms with Gasteiger partial charge in [0.1, 0.15) is 5.75 Å². The maximum atomic E-state index is 12.8. The van der Waals surface area contributed by atoms with Crippen LogP contribution in [0.1, 0.15) is 51.7 Å². The van der Waals surface area contributed by atoms with Crippen molar-refractivity contribution in [1.82, 2.24) is 20.4 Å². The average Bonchev–Trinajstić information content (AvgIpc) is 3.56. The molecule has 10 nitrogen and oxygen atoms in total. The SMILES string of the molecule is COc1ccc(NC(=O)c2nnc(C(=O)N3CCC(CC(=O)NC[C@@H]4CCCO4)CC3)s2)cc1. The molecule has 3 heterocycles. The zero-order chi connectivity index (χ0) is 23.9. The number of amides is 3. The predicted molar refractivity (Wildman–Crippen MR) is 126 cm³/mol. The molecular formula is C23H29N5O5S. The molecule has 1 atom stereocenters. The third-order valence-electron chi connectivity index (χ3n) is 6.08. The van der Waals surface area contributed by atoms with Gasteiger partial charge in [-0.25, -0.2) is 0 Å². The molecule has 11 heteroatoms. The first-order chi connectivity index (χ1) is 16.5. The molecule has 2 aliphatic heterocycles. The van der Waals surface area contributed by atoms with E-state index in [1.807, 2.05) is 0 Å². The standard InChI is InChI=1S/C23H29N5O5S/c1-32-17-6-4-16(5-7-17)25-20(30)21-26-27-22(34-21)23(31)28-10-8-15(9-11-28)13-19(29)24-14-18-3-2-12-33-18/h4-7,15,18H,2-3,8-14H2,1H3,(H,24,29)(H,25,30)/t18-/m0/s1. The summed E-state index contributed by atoms with van der Waals surface area (Å²) in [5, 5.41) is 13.8. The summed E-state index contributed by atoms with van der Waals surface area (Å²) in [6, 6.07) is 6.91. The number of nitrogens with zero attached hydrogens (tertiary/aromatic N) is 3. The number of benzene rings is 1. The summed E-state index contributed by atoms with van der Waals surface area (Å²) in [6.45, 7) is 2.45. The molecule has 3 amide bonds. The van der Waals surface area contributed by atoms with Gasteiger partial charge in [0.25, 0.3) is 11.8 Å². The van der Waals surface area contributed by atoms with E-state index >= 15 is 0 Å². The highest BCUT2D eigenvalue weighted by atomic mass is 32.1. The molecule has 34 heavy (non-hydrogen) atoms. The van der Waals surface area contributed by atoms with Crippen molar-refractivity contribution in [3.63, 3.8) is 0 Å². The minimum atomic E-state index is -0.422. The van der Waals surface area contributed by atoms with Crippen molar-refractivity contribution in [2.24, 2.45) is 5.92 Å². The molecule has 0 saturated carbocycles. The highest BCUT2D eigenvalue weighted by Crippen LogP contribution is 2.23. The first kappa shape index (κ1) is 24.1. The summed E-state index contributed by atoms with van der Waals surface area (Å²) < 4.78 is 10.6. The number of rotatable bonds is 8. The fourth-order valence-electron chi connectivity index (χ4n) is 4.10. The first-order valence-corrected chi connectivity index (χ1v) is 12.3. The lowest BCUT2D eigenvalue weighted by molar-refractivity contribution is -0.122. The second-order valence-electron chi connectivity index (χ2n) is 8.47. The van der Waals surface area contributed by atoms with Gasteiger partial charge in [0.15, 0.2) is 0 Å². The Bertz CT molecular complexity index is 997. The molecule has 0 aliphatic carbocycles. The lowest BCUT2D eigenvalue weighted by Gasteiger charge is -2.31. The molecule has 2 aromatic rings. The van der Waals surface area contributed by atoms with Crippen LogP contribution in [0, 0.1) is 5.92 Å².